The van der Waals surface area contributed by atoms with Gasteiger partial charge in [0.05, 0.1) is 19.3 Å². The van der Waals surface area contributed by atoms with E-state index in [0.717, 1.165) is 16.7 Å². The van der Waals surface area contributed by atoms with Crippen LogP contribution < -0.4 is 14.8 Å². The zero-order valence-electron chi connectivity index (χ0n) is 21.4. The second-order valence-electron chi connectivity index (χ2n) is 9.18. The maximum atomic E-state index is 12.0. The highest BCUT2D eigenvalue weighted by molar-refractivity contribution is 7.82. The van der Waals surface area contributed by atoms with Crippen LogP contribution in [-0.2, 0) is 23.7 Å². The van der Waals surface area contributed by atoms with Crippen LogP contribution in [0.1, 0.15) is 18.8 Å². The summed E-state index contributed by atoms with van der Waals surface area (Å²) in [5, 5.41) is 2.80. The van der Waals surface area contributed by atoms with E-state index in [1.807, 2.05) is 54.6 Å². The summed E-state index contributed by atoms with van der Waals surface area (Å²) < 4.78 is 35.4. The van der Waals surface area contributed by atoms with Crippen LogP contribution in [0, 0.1) is 0 Å². The van der Waals surface area contributed by atoms with Crippen LogP contribution in [0.15, 0.2) is 78.9 Å². The van der Waals surface area contributed by atoms with Crippen LogP contribution in [0.3, 0.4) is 0 Å². The zero-order valence-corrected chi connectivity index (χ0v) is 23.7. The van der Waals surface area contributed by atoms with Gasteiger partial charge in [-0.15, -0.1) is 0 Å². The van der Waals surface area contributed by atoms with Crippen LogP contribution in [0.4, 0.5) is 0 Å². The van der Waals surface area contributed by atoms with Gasteiger partial charge in [0.1, 0.15) is 23.7 Å². The van der Waals surface area contributed by atoms with E-state index in [-0.39, 0.29) is 28.9 Å². The van der Waals surface area contributed by atoms with Gasteiger partial charge in [-0.1, -0.05) is 48.5 Å². The molecule has 0 saturated carbocycles. The molecular weight excluding hydrogens is 574 g/mol. The van der Waals surface area contributed by atoms with Crippen LogP contribution in [-0.4, -0.2) is 53.2 Å². The maximum absolute atomic E-state index is 12.0. The highest BCUT2D eigenvalue weighted by Crippen LogP contribution is 2.35. The first kappa shape index (κ1) is 28.4. The average molecular weight is 600 g/mol. The standard InChI is InChI=1S/C29H26ClNO7S2/c1-17(32)31-23-15-33-24-16-34-27(37-26(24)25(23)38-29(40)36-21-8-3-2-4-9-21)20-7-5-6-19(14-20)18-10-12-22(13-11-18)35-28(30)39/h2-14,23-27H,15-16H2,1H3,(H,31,32)/t23-,24+,25+,26+,27?/m0/s1. The van der Waals surface area contributed by atoms with Crippen LogP contribution >= 0.6 is 36.0 Å². The highest BCUT2D eigenvalue weighted by Gasteiger charge is 2.48. The fourth-order valence-electron chi connectivity index (χ4n) is 4.63. The second kappa shape index (κ2) is 13.0. The number of halogens is 1. The molecule has 8 nitrogen and oxygen atoms in total. The fourth-order valence-corrected chi connectivity index (χ4v) is 5.02. The molecule has 2 saturated heterocycles. The van der Waals surface area contributed by atoms with Crippen molar-refractivity contribution in [3.8, 4) is 22.6 Å². The molecule has 0 spiro atoms. The summed E-state index contributed by atoms with van der Waals surface area (Å²) in [6, 6.07) is 23.8. The van der Waals surface area contributed by atoms with Crippen molar-refractivity contribution in [3.05, 3.63) is 84.4 Å². The van der Waals surface area contributed by atoms with Gasteiger partial charge in [-0.3, -0.25) is 4.79 Å². The number of amides is 1. The third-order valence-electron chi connectivity index (χ3n) is 6.38. The molecule has 1 amide bonds. The number of carbonyl (C=O) groups excluding carboxylic acids is 1. The molecule has 11 heteroatoms. The Balaban J connectivity index is 1.34. The normalized spacial score (nSPS) is 23.8. The van der Waals surface area contributed by atoms with Gasteiger partial charge < -0.3 is 33.7 Å². The van der Waals surface area contributed by atoms with Crippen molar-refractivity contribution < 1.29 is 33.2 Å². The molecule has 0 aromatic heterocycles. The third kappa shape index (κ3) is 7.14. The van der Waals surface area contributed by atoms with Crippen molar-refractivity contribution in [2.75, 3.05) is 13.2 Å². The molecule has 3 aromatic carbocycles. The molecule has 3 aromatic rings. The molecule has 2 heterocycles. The average Bonchev–Trinajstić information content (AvgIpc) is 2.94. The Kier molecular flexibility index (Phi) is 9.25. The van der Waals surface area contributed by atoms with E-state index in [4.69, 9.17) is 64.5 Å². The first-order valence-electron chi connectivity index (χ1n) is 12.5. The molecule has 2 aliphatic rings. The lowest BCUT2D eigenvalue weighted by atomic mass is 9.96. The Bertz CT molecular complexity index is 1360. The number of benzene rings is 3. The predicted molar refractivity (Wildman–Crippen MR) is 156 cm³/mol. The topological polar surface area (TPSA) is 84.5 Å². The van der Waals surface area contributed by atoms with Crippen molar-refractivity contribution in [2.24, 2.45) is 0 Å². The van der Waals surface area contributed by atoms with Gasteiger partial charge in [0.2, 0.25) is 5.91 Å². The first-order chi connectivity index (χ1) is 19.4. The maximum Gasteiger partial charge on any atom is 0.358 e. The SMILES string of the molecule is CC(=O)N[C@H]1CO[C@@H]2COC(c3cccc(-c4ccc(OC(=S)Cl)cc4)c3)O[C@H]2[C@@H]1OC(=S)Oc1ccccc1. The van der Waals surface area contributed by atoms with Crippen molar-refractivity contribution in [1.82, 2.24) is 5.32 Å². The summed E-state index contributed by atoms with van der Waals surface area (Å²) in [6.45, 7) is 1.91. The van der Waals surface area contributed by atoms with Gasteiger partial charge in [-0.2, -0.15) is 0 Å². The number of para-hydroxylation sites is 1. The molecule has 40 heavy (non-hydrogen) atoms. The molecule has 5 atom stereocenters. The molecule has 0 aliphatic carbocycles. The lowest BCUT2D eigenvalue weighted by molar-refractivity contribution is -0.301. The van der Waals surface area contributed by atoms with E-state index in [1.165, 1.54) is 6.92 Å². The van der Waals surface area contributed by atoms with Gasteiger partial charge in [0.15, 0.2) is 12.4 Å². The number of ether oxygens (including phenoxy) is 6. The number of fused-ring (bicyclic) bond motifs is 1. The highest BCUT2D eigenvalue weighted by atomic mass is 35.5. The van der Waals surface area contributed by atoms with Gasteiger partial charge in [-0.25, -0.2) is 0 Å². The first-order valence-corrected chi connectivity index (χ1v) is 13.7. The summed E-state index contributed by atoms with van der Waals surface area (Å²) in [5.41, 5.74) is 2.72. The summed E-state index contributed by atoms with van der Waals surface area (Å²) >= 11 is 15.8. The Hall–Kier alpha value is -3.12. The van der Waals surface area contributed by atoms with E-state index < -0.39 is 30.6 Å². The van der Waals surface area contributed by atoms with Crippen LogP contribution in [0.2, 0.25) is 0 Å². The summed E-state index contributed by atoms with van der Waals surface area (Å²) in [5.74, 6) is 0.868. The number of thiocarbonyl (C=S) groups is 2. The molecule has 5 rings (SSSR count). The molecule has 208 valence electrons. The van der Waals surface area contributed by atoms with E-state index in [2.05, 4.69) is 5.32 Å². The molecular formula is C29H26ClNO7S2. The zero-order chi connectivity index (χ0) is 28.1. The molecule has 2 fully saturated rings. The molecule has 0 radical (unpaired) electrons. The van der Waals surface area contributed by atoms with Crippen LogP contribution in [0.25, 0.3) is 11.1 Å². The van der Waals surface area contributed by atoms with Crippen molar-refractivity contribution >= 4 is 51.7 Å². The minimum Gasteiger partial charge on any atom is -0.448 e. The summed E-state index contributed by atoms with van der Waals surface area (Å²) in [6.07, 6.45) is -2.39. The lowest BCUT2D eigenvalue weighted by Gasteiger charge is -2.46. The van der Waals surface area contributed by atoms with Gasteiger partial charge in [0.25, 0.3) is 4.51 Å². The Morgan fingerprint density at radius 2 is 1.65 bits per heavy atom. The fraction of sp³-hybridized carbons (Fsp3) is 0.276. The van der Waals surface area contributed by atoms with Crippen molar-refractivity contribution in [3.63, 3.8) is 0 Å². The van der Waals surface area contributed by atoms with Gasteiger partial charge >= 0.3 is 5.24 Å². The number of hydrogen-bond donors (Lipinski definition) is 1. The quantitative estimate of drug-likeness (QED) is 0.299. The third-order valence-corrected chi connectivity index (χ3v) is 6.72. The predicted octanol–water partition coefficient (Wildman–Crippen LogP) is 5.32. The lowest BCUT2D eigenvalue weighted by Crippen LogP contribution is -2.63. The Morgan fingerprint density at radius 1 is 0.900 bits per heavy atom. The minimum absolute atomic E-state index is 0.0678. The minimum atomic E-state index is -0.702. The van der Waals surface area contributed by atoms with E-state index in [9.17, 15) is 4.79 Å². The number of nitrogens with one attached hydrogen (secondary N) is 1. The molecule has 2 aliphatic heterocycles. The number of hydrogen-bond acceptors (Lipinski definition) is 9. The van der Waals surface area contributed by atoms with E-state index in [0.29, 0.717) is 11.5 Å². The summed E-state index contributed by atoms with van der Waals surface area (Å²) in [4.78, 5) is 12.0. The Morgan fingerprint density at radius 3 is 2.38 bits per heavy atom. The number of carbonyl (C=O) groups is 1. The van der Waals surface area contributed by atoms with Crippen LogP contribution in [0.5, 0.6) is 11.5 Å². The largest absolute Gasteiger partial charge is 0.448 e. The van der Waals surface area contributed by atoms with Crippen molar-refractivity contribution in [2.45, 2.75) is 37.6 Å². The molecule has 1 unspecified atom stereocenters. The molecule has 0 bridgehead atoms. The van der Waals surface area contributed by atoms with E-state index >= 15 is 0 Å². The summed E-state index contributed by atoms with van der Waals surface area (Å²) in [7, 11) is 0. The number of rotatable bonds is 6. The second-order valence-corrected chi connectivity index (χ2v) is 10.5. The Labute approximate surface area is 247 Å². The van der Waals surface area contributed by atoms with Gasteiger partial charge in [-0.05, 0) is 65.3 Å². The molecule has 1 N–H and O–H groups in total. The monoisotopic (exact) mass is 599 g/mol. The van der Waals surface area contributed by atoms with Gasteiger partial charge in [0, 0.05) is 24.7 Å². The smallest absolute Gasteiger partial charge is 0.358 e. The van der Waals surface area contributed by atoms with E-state index in [1.54, 1.807) is 24.3 Å². The van der Waals surface area contributed by atoms with Crippen molar-refractivity contribution in [1.29, 1.82) is 0 Å².